The molecule has 2 aromatic rings. The van der Waals surface area contributed by atoms with Gasteiger partial charge in [0.05, 0.1) is 22.4 Å². The number of ether oxygens (including phenoxy) is 2. The Kier molecular flexibility index (Phi) is 5.53. The molecule has 1 aliphatic rings. The number of benzene rings is 1. The van der Waals surface area contributed by atoms with Gasteiger partial charge in [0, 0.05) is 18.6 Å². The lowest BCUT2D eigenvalue weighted by Crippen LogP contribution is -2.22. The van der Waals surface area contributed by atoms with Gasteiger partial charge in [-0.05, 0) is 31.9 Å². The van der Waals surface area contributed by atoms with E-state index in [1.165, 1.54) is 0 Å². The SMILES string of the molecule is Cc1c(CC2CCCO2)c(Oc2c(F)cc(C(F)(F)F)cc2Cl)nn1C(N)=O. The summed E-state index contributed by atoms with van der Waals surface area (Å²) in [5.41, 5.74) is 4.82. The van der Waals surface area contributed by atoms with Crippen LogP contribution in [0, 0.1) is 12.7 Å². The van der Waals surface area contributed by atoms with E-state index in [1.54, 1.807) is 6.92 Å². The molecule has 2 heterocycles. The van der Waals surface area contributed by atoms with Crippen LogP contribution in [-0.2, 0) is 17.3 Å². The van der Waals surface area contributed by atoms with E-state index in [9.17, 15) is 22.4 Å². The summed E-state index contributed by atoms with van der Waals surface area (Å²) >= 11 is 5.81. The van der Waals surface area contributed by atoms with Gasteiger partial charge in [0.25, 0.3) is 0 Å². The molecule has 1 amide bonds. The molecule has 28 heavy (non-hydrogen) atoms. The Morgan fingerprint density at radius 2 is 2.18 bits per heavy atom. The molecule has 6 nitrogen and oxygen atoms in total. The fourth-order valence-corrected chi connectivity index (χ4v) is 3.24. The second-order valence-corrected chi connectivity index (χ2v) is 6.73. The van der Waals surface area contributed by atoms with Crippen molar-refractivity contribution in [2.24, 2.45) is 5.73 Å². The Bertz CT molecular complexity index is 885. The number of carbonyl (C=O) groups excluding carboxylic acids is 1. The first-order valence-electron chi connectivity index (χ1n) is 8.32. The molecule has 1 saturated heterocycles. The first kappa shape index (κ1) is 20.4. The van der Waals surface area contributed by atoms with Crippen molar-refractivity contribution in [2.45, 2.75) is 38.5 Å². The van der Waals surface area contributed by atoms with Crippen molar-refractivity contribution in [1.82, 2.24) is 9.78 Å². The van der Waals surface area contributed by atoms with E-state index in [4.69, 9.17) is 26.8 Å². The zero-order valence-corrected chi connectivity index (χ0v) is 15.4. The normalized spacial score (nSPS) is 17.1. The Morgan fingerprint density at radius 3 is 2.71 bits per heavy atom. The third-order valence-electron chi connectivity index (χ3n) is 4.39. The lowest BCUT2D eigenvalue weighted by atomic mass is 10.1. The zero-order chi connectivity index (χ0) is 20.6. The quantitative estimate of drug-likeness (QED) is 0.740. The van der Waals surface area contributed by atoms with Gasteiger partial charge in [-0.25, -0.2) is 9.18 Å². The highest BCUT2D eigenvalue weighted by Crippen LogP contribution is 2.39. The molecule has 1 aromatic heterocycles. The topological polar surface area (TPSA) is 79.4 Å². The van der Waals surface area contributed by atoms with Crippen LogP contribution >= 0.6 is 11.6 Å². The first-order chi connectivity index (χ1) is 13.1. The number of alkyl halides is 3. The fourth-order valence-electron chi connectivity index (χ4n) is 2.99. The highest BCUT2D eigenvalue weighted by atomic mass is 35.5. The van der Waals surface area contributed by atoms with Crippen LogP contribution in [0.4, 0.5) is 22.4 Å². The summed E-state index contributed by atoms with van der Waals surface area (Å²) in [7, 11) is 0. The molecule has 1 aliphatic heterocycles. The van der Waals surface area contributed by atoms with Gasteiger partial charge in [-0.3, -0.25) is 0 Å². The number of halogens is 5. The number of rotatable bonds is 4. The second kappa shape index (κ2) is 7.59. The average Bonchev–Trinajstić information content (AvgIpc) is 3.20. The summed E-state index contributed by atoms with van der Waals surface area (Å²) < 4.78 is 64.5. The van der Waals surface area contributed by atoms with Gasteiger partial charge in [-0.1, -0.05) is 11.6 Å². The molecule has 0 spiro atoms. The van der Waals surface area contributed by atoms with Gasteiger partial charge in [-0.15, -0.1) is 5.10 Å². The monoisotopic (exact) mass is 421 g/mol. The molecule has 152 valence electrons. The van der Waals surface area contributed by atoms with Crippen LogP contribution < -0.4 is 10.5 Å². The number of aromatic nitrogens is 2. The summed E-state index contributed by atoms with van der Waals surface area (Å²) in [5.74, 6) is -2.11. The molecule has 0 saturated carbocycles. The lowest BCUT2D eigenvalue weighted by Gasteiger charge is -2.13. The largest absolute Gasteiger partial charge is 0.433 e. The predicted octanol–water partition coefficient (Wildman–Crippen LogP) is 4.44. The van der Waals surface area contributed by atoms with E-state index in [-0.39, 0.29) is 18.1 Å². The Morgan fingerprint density at radius 1 is 1.46 bits per heavy atom. The summed E-state index contributed by atoms with van der Waals surface area (Å²) in [6, 6.07) is -0.0590. The van der Waals surface area contributed by atoms with Crippen LogP contribution in [0.2, 0.25) is 5.02 Å². The average molecular weight is 422 g/mol. The Balaban J connectivity index is 1.99. The highest BCUT2D eigenvalue weighted by Gasteiger charge is 2.33. The standard InChI is InChI=1S/C17H16ClF4N3O3/c1-8-11(7-10-3-2-4-27-10)15(24-25(8)16(23)26)28-14-12(18)5-9(6-13(14)19)17(20,21)22/h5-6,10H,2-4,7H2,1H3,(H2,23,26). The van der Waals surface area contributed by atoms with Crippen LogP contribution in [0.1, 0.15) is 29.7 Å². The van der Waals surface area contributed by atoms with E-state index in [0.29, 0.717) is 30.4 Å². The number of nitrogens with two attached hydrogens (primary N) is 1. The molecule has 1 fully saturated rings. The maximum atomic E-state index is 14.3. The van der Waals surface area contributed by atoms with E-state index in [0.717, 1.165) is 17.5 Å². The van der Waals surface area contributed by atoms with Gasteiger partial charge in [0.2, 0.25) is 5.88 Å². The van der Waals surface area contributed by atoms with Crippen molar-refractivity contribution in [2.75, 3.05) is 6.61 Å². The summed E-state index contributed by atoms with van der Waals surface area (Å²) in [6.45, 7) is 2.16. The second-order valence-electron chi connectivity index (χ2n) is 6.33. The van der Waals surface area contributed by atoms with Crippen LogP contribution in [0.5, 0.6) is 11.6 Å². The van der Waals surface area contributed by atoms with Gasteiger partial charge in [0.15, 0.2) is 11.6 Å². The van der Waals surface area contributed by atoms with Gasteiger partial charge >= 0.3 is 12.2 Å². The molecule has 0 aliphatic carbocycles. The van der Waals surface area contributed by atoms with E-state index in [2.05, 4.69) is 5.10 Å². The van der Waals surface area contributed by atoms with Gasteiger partial charge < -0.3 is 15.2 Å². The third kappa shape index (κ3) is 4.07. The number of primary amides is 1. The maximum absolute atomic E-state index is 14.3. The summed E-state index contributed by atoms with van der Waals surface area (Å²) in [6.07, 6.45) is -2.97. The van der Waals surface area contributed by atoms with Crippen LogP contribution in [0.25, 0.3) is 0 Å². The van der Waals surface area contributed by atoms with Crippen LogP contribution in [-0.4, -0.2) is 28.5 Å². The molecule has 11 heteroatoms. The minimum Gasteiger partial charge on any atom is -0.433 e. The molecule has 0 bridgehead atoms. The predicted molar refractivity (Wildman–Crippen MR) is 91.1 cm³/mol. The van der Waals surface area contributed by atoms with Crippen LogP contribution in [0.3, 0.4) is 0 Å². The first-order valence-corrected chi connectivity index (χ1v) is 8.69. The number of carbonyl (C=O) groups is 1. The lowest BCUT2D eigenvalue weighted by molar-refractivity contribution is -0.137. The van der Waals surface area contributed by atoms with E-state index in [1.807, 2.05) is 0 Å². The minimum absolute atomic E-state index is 0.153. The van der Waals surface area contributed by atoms with Crippen molar-refractivity contribution in [3.63, 3.8) is 0 Å². The molecule has 0 radical (unpaired) electrons. The molecular formula is C17H16ClF4N3O3. The molecular weight excluding hydrogens is 406 g/mol. The molecule has 1 unspecified atom stereocenters. The fraction of sp³-hybridized carbons (Fsp3) is 0.412. The third-order valence-corrected chi connectivity index (χ3v) is 4.67. The number of nitrogens with zero attached hydrogens (tertiary/aromatic N) is 2. The van der Waals surface area contributed by atoms with Crippen molar-refractivity contribution in [3.8, 4) is 11.6 Å². The van der Waals surface area contributed by atoms with E-state index >= 15 is 0 Å². The Labute approximate surface area is 162 Å². The summed E-state index contributed by atoms with van der Waals surface area (Å²) in [4.78, 5) is 11.6. The van der Waals surface area contributed by atoms with Crippen molar-refractivity contribution < 1.29 is 31.8 Å². The van der Waals surface area contributed by atoms with Crippen molar-refractivity contribution >= 4 is 17.6 Å². The molecule has 3 rings (SSSR count). The van der Waals surface area contributed by atoms with Gasteiger partial charge in [-0.2, -0.15) is 17.9 Å². The minimum atomic E-state index is -4.77. The van der Waals surface area contributed by atoms with Crippen LogP contribution in [0.15, 0.2) is 12.1 Å². The molecule has 1 aromatic carbocycles. The number of amides is 1. The number of hydrogen-bond acceptors (Lipinski definition) is 4. The Hall–Kier alpha value is -2.33. The molecule has 2 N–H and O–H groups in total. The van der Waals surface area contributed by atoms with Crippen molar-refractivity contribution in [3.05, 3.63) is 39.8 Å². The maximum Gasteiger partial charge on any atom is 0.416 e. The zero-order valence-electron chi connectivity index (χ0n) is 14.6. The summed E-state index contributed by atoms with van der Waals surface area (Å²) in [5, 5.41) is 3.34. The van der Waals surface area contributed by atoms with Gasteiger partial charge in [0.1, 0.15) is 0 Å². The molecule has 1 atom stereocenters. The van der Waals surface area contributed by atoms with E-state index < -0.39 is 34.4 Å². The van der Waals surface area contributed by atoms with Crippen molar-refractivity contribution in [1.29, 1.82) is 0 Å². The number of hydrogen-bond donors (Lipinski definition) is 1. The smallest absolute Gasteiger partial charge is 0.416 e. The highest BCUT2D eigenvalue weighted by molar-refractivity contribution is 6.32.